The number of ether oxygens (including phenoxy) is 1. The number of quaternary nitrogens is 1. The number of rotatable bonds is 4. The van der Waals surface area contributed by atoms with Crippen molar-refractivity contribution in [2.24, 2.45) is 0 Å². The standard InChI is InChI=1S/C22H15NO6/c24-21-18-11-10-17(29-22(25)15-6-8-16(9-7-15)23(26)27)12-20(18)28-13-19(21)14-4-2-1-3-5-14/h1-13,23,26H. The average molecular weight is 389 g/mol. The SMILES string of the molecule is O=C(Oc1ccc2c(=O)c(-c3ccccc3)coc2c1)c1ccc([NH+]([O-])O)cc1. The summed E-state index contributed by atoms with van der Waals surface area (Å²) in [7, 11) is 0. The molecule has 0 aliphatic heterocycles. The maximum atomic E-state index is 12.8. The van der Waals surface area contributed by atoms with Crippen LogP contribution in [0, 0.1) is 5.21 Å². The van der Waals surface area contributed by atoms with Gasteiger partial charge in [0.1, 0.15) is 17.6 Å². The van der Waals surface area contributed by atoms with Crippen LogP contribution in [0.2, 0.25) is 0 Å². The average Bonchev–Trinajstić information content (AvgIpc) is 2.74. The van der Waals surface area contributed by atoms with Crippen LogP contribution in [0.3, 0.4) is 0 Å². The Kier molecular flexibility index (Phi) is 4.92. The predicted octanol–water partition coefficient (Wildman–Crippen LogP) is 3.08. The van der Waals surface area contributed by atoms with E-state index < -0.39 is 11.2 Å². The number of fused-ring (bicyclic) bond motifs is 1. The highest BCUT2D eigenvalue weighted by molar-refractivity contribution is 5.92. The van der Waals surface area contributed by atoms with E-state index in [2.05, 4.69) is 0 Å². The predicted molar refractivity (Wildman–Crippen MR) is 105 cm³/mol. The smallest absolute Gasteiger partial charge is 0.343 e. The van der Waals surface area contributed by atoms with Gasteiger partial charge in [-0.05, 0) is 29.8 Å². The summed E-state index contributed by atoms with van der Waals surface area (Å²) in [6.07, 6.45) is 1.39. The summed E-state index contributed by atoms with van der Waals surface area (Å²) in [5.41, 5.74) is 1.59. The van der Waals surface area contributed by atoms with Crippen LogP contribution < -0.4 is 15.4 Å². The lowest BCUT2D eigenvalue weighted by Crippen LogP contribution is -2.99. The molecule has 29 heavy (non-hydrogen) atoms. The molecule has 7 heteroatoms. The zero-order valence-corrected chi connectivity index (χ0v) is 15.0. The molecule has 4 rings (SSSR count). The minimum Gasteiger partial charge on any atom is -0.595 e. The first kappa shape index (κ1) is 18.6. The van der Waals surface area contributed by atoms with E-state index in [-0.39, 0.29) is 22.4 Å². The van der Waals surface area contributed by atoms with Gasteiger partial charge in [-0.25, -0.2) is 10.0 Å². The highest BCUT2D eigenvalue weighted by atomic mass is 16.8. The fraction of sp³-hybridized carbons (Fsp3) is 0. The van der Waals surface area contributed by atoms with Crippen molar-refractivity contribution in [2.75, 3.05) is 0 Å². The third-order valence-corrected chi connectivity index (χ3v) is 4.41. The maximum Gasteiger partial charge on any atom is 0.343 e. The van der Waals surface area contributed by atoms with Gasteiger partial charge in [-0.15, -0.1) is 0 Å². The molecule has 0 aliphatic rings. The zero-order chi connectivity index (χ0) is 20.4. The first-order valence-corrected chi connectivity index (χ1v) is 8.69. The first-order valence-electron chi connectivity index (χ1n) is 8.69. The number of benzene rings is 3. The third-order valence-electron chi connectivity index (χ3n) is 4.41. The van der Waals surface area contributed by atoms with Crippen LogP contribution in [0.1, 0.15) is 10.4 Å². The van der Waals surface area contributed by atoms with Crippen LogP contribution >= 0.6 is 0 Å². The van der Waals surface area contributed by atoms with Gasteiger partial charge >= 0.3 is 5.97 Å². The van der Waals surface area contributed by atoms with Crippen LogP contribution in [-0.4, -0.2) is 11.2 Å². The molecule has 0 saturated carbocycles. The van der Waals surface area contributed by atoms with E-state index in [1.807, 2.05) is 30.3 Å². The number of carbonyl (C=O) groups is 1. The number of nitrogens with one attached hydrogen (secondary N) is 1. The molecule has 0 saturated heterocycles. The lowest BCUT2D eigenvalue weighted by molar-refractivity contribution is -0.991. The normalized spacial score (nSPS) is 11.9. The Morgan fingerprint density at radius 3 is 2.41 bits per heavy atom. The minimum absolute atomic E-state index is 0.0725. The molecule has 0 amide bonds. The first-order chi connectivity index (χ1) is 14.0. The van der Waals surface area contributed by atoms with E-state index in [0.29, 0.717) is 16.5 Å². The fourth-order valence-corrected chi connectivity index (χ4v) is 2.90. The summed E-state index contributed by atoms with van der Waals surface area (Å²) in [4.78, 5) is 25.0. The topological polar surface area (TPSA) is 104 Å². The second kappa shape index (κ2) is 7.69. The number of hydrogen-bond donors (Lipinski definition) is 2. The summed E-state index contributed by atoms with van der Waals surface area (Å²) in [5, 5.41) is 19.1. The summed E-state index contributed by atoms with van der Waals surface area (Å²) in [6.45, 7) is 0. The Bertz CT molecular complexity index is 1230. The van der Waals surface area contributed by atoms with Crippen molar-refractivity contribution in [3.05, 3.63) is 100 Å². The Morgan fingerprint density at radius 2 is 1.72 bits per heavy atom. The second-order valence-corrected chi connectivity index (χ2v) is 6.27. The molecule has 0 radical (unpaired) electrons. The van der Waals surface area contributed by atoms with Crippen LogP contribution in [-0.2, 0) is 0 Å². The molecule has 4 aromatic rings. The lowest BCUT2D eigenvalue weighted by Gasteiger charge is -2.11. The van der Waals surface area contributed by atoms with E-state index in [1.165, 1.54) is 42.7 Å². The number of carbonyl (C=O) groups excluding carboxylic acids is 1. The summed E-state index contributed by atoms with van der Waals surface area (Å²) < 4.78 is 10.9. The minimum atomic E-state index is -1.08. The Hall–Kier alpha value is -3.78. The van der Waals surface area contributed by atoms with Crippen molar-refractivity contribution >= 4 is 22.6 Å². The van der Waals surface area contributed by atoms with E-state index >= 15 is 0 Å². The fourth-order valence-electron chi connectivity index (χ4n) is 2.90. The molecule has 1 aromatic heterocycles. The van der Waals surface area contributed by atoms with Gasteiger partial charge in [-0.1, -0.05) is 30.3 Å². The van der Waals surface area contributed by atoms with E-state index in [0.717, 1.165) is 5.56 Å². The summed E-state index contributed by atoms with van der Waals surface area (Å²) in [5.74, 6) is -0.440. The van der Waals surface area contributed by atoms with Crippen molar-refractivity contribution < 1.29 is 24.4 Å². The van der Waals surface area contributed by atoms with Crippen LogP contribution in [0.4, 0.5) is 5.69 Å². The van der Waals surface area contributed by atoms with Gasteiger partial charge in [0.05, 0.1) is 16.5 Å². The Balaban J connectivity index is 1.61. The molecular formula is C22H15NO6. The van der Waals surface area contributed by atoms with E-state index in [4.69, 9.17) is 14.4 Å². The molecule has 0 spiro atoms. The molecule has 0 fully saturated rings. The molecule has 0 aliphatic carbocycles. The van der Waals surface area contributed by atoms with E-state index in [9.17, 15) is 14.8 Å². The van der Waals surface area contributed by atoms with Crippen molar-refractivity contribution in [3.63, 3.8) is 0 Å². The molecule has 7 nitrogen and oxygen atoms in total. The highest BCUT2D eigenvalue weighted by Gasteiger charge is 2.13. The molecule has 0 bridgehead atoms. The van der Waals surface area contributed by atoms with Crippen molar-refractivity contribution in [3.8, 4) is 16.9 Å². The lowest BCUT2D eigenvalue weighted by atomic mass is 10.1. The molecule has 1 atom stereocenters. The molecular weight excluding hydrogens is 374 g/mol. The van der Waals surface area contributed by atoms with Gasteiger partial charge < -0.3 is 14.4 Å². The quantitative estimate of drug-likeness (QED) is 0.316. The van der Waals surface area contributed by atoms with Crippen molar-refractivity contribution in [1.82, 2.24) is 0 Å². The van der Waals surface area contributed by atoms with Gasteiger partial charge in [-0.2, -0.15) is 5.23 Å². The van der Waals surface area contributed by atoms with Gasteiger partial charge in [0.15, 0.2) is 11.1 Å². The zero-order valence-electron chi connectivity index (χ0n) is 15.0. The molecule has 3 aromatic carbocycles. The van der Waals surface area contributed by atoms with Gasteiger partial charge in [0.2, 0.25) is 0 Å². The largest absolute Gasteiger partial charge is 0.595 e. The number of esters is 1. The Labute approximate surface area is 164 Å². The monoisotopic (exact) mass is 389 g/mol. The van der Waals surface area contributed by atoms with Gasteiger partial charge in [-0.3, -0.25) is 4.79 Å². The summed E-state index contributed by atoms with van der Waals surface area (Å²) >= 11 is 0. The third kappa shape index (κ3) is 3.78. The van der Waals surface area contributed by atoms with Crippen LogP contribution in [0.25, 0.3) is 22.1 Å². The van der Waals surface area contributed by atoms with E-state index in [1.54, 1.807) is 6.07 Å². The van der Waals surface area contributed by atoms with Gasteiger partial charge in [0, 0.05) is 18.2 Å². The molecule has 2 N–H and O–H groups in total. The molecule has 144 valence electrons. The number of hydrogen-bond acceptors (Lipinski definition) is 6. The molecule has 1 heterocycles. The maximum absolute atomic E-state index is 12.8. The summed E-state index contributed by atoms with van der Waals surface area (Å²) in [6, 6.07) is 19.1. The Morgan fingerprint density at radius 1 is 1.00 bits per heavy atom. The molecule has 1 unspecified atom stereocenters. The highest BCUT2D eigenvalue weighted by Crippen LogP contribution is 2.23. The second-order valence-electron chi connectivity index (χ2n) is 6.27. The van der Waals surface area contributed by atoms with Crippen molar-refractivity contribution in [2.45, 2.75) is 0 Å². The van der Waals surface area contributed by atoms with Crippen molar-refractivity contribution in [1.29, 1.82) is 0 Å². The van der Waals surface area contributed by atoms with Gasteiger partial charge in [0.25, 0.3) is 0 Å². The van der Waals surface area contributed by atoms with Crippen LogP contribution in [0.5, 0.6) is 5.75 Å². The van der Waals surface area contributed by atoms with Crippen LogP contribution in [0.15, 0.2) is 88.3 Å².